The van der Waals surface area contributed by atoms with E-state index in [1.165, 1.54) is 7.11 Å². The first-order valence-corrected chi connectivity index (χ1v) is 4.45. The first-order valence-electron chi connectivity index (χ1n) is 3.66. The smallest absolute Gasteiger partial charge is 0.314 e. The molecule has 0 radical (unpaired) electrons. The van der Waals surface area contributed by atoms with Gasteiger partial charge in [0.1, 0.15) is 0 Å². The van der Waals surface area contributed by atoms with Gasteiger partial charge in [0.05, 0.1) is 17.5 Å². The van der Waals surface area contributed by atoms with Crippen LogP contribution in [0, 0.1) is 5.92 Å². The van der Waals surface area contributed by atoms with Crippen molar-refractivity contribution >= 4 is 21.9 Å². The number of carbonyl (C=O) groups is 1. The standard InChI is InChI=1S/C9H13BrO2/c1-6(2)5-8(10)7(3)9(11)12-4/h7H,1-4H3. The van der Waals surface area contributed by atoms with Crippen LogP contribution in [0.4, 0.5) is 0 Å². The zero-order chi connectivity index (χ0) is 9.72. The zero-order valence-electron chi connectivity index (χ0n) is 7.77. The Kier molecular flexibility index (Phi) is 4.95. The molecule has 0 N–H and O–H groups in total. The Labute approximate surface area is 81.4 Å². The summed E-state index contributed by atoms with van der Waals surface area (Å²) in [6, 6.07) is 0. The van der Waals surface area contributed by atoms with Gasteiger partial charge in [0.15, 0.2) is 0 Å². The highest BCUT2D eigenvalue weighted by atomic mass is 79.9. The molecule has 0 saturated carbocycles. The summed E-state index contributed by atoms with van der Waals surface area (Å²) in [4.78, 5) is 11.0. The molecule has 1 atom stereocenters. The molecule has 0 heterocycles. The van der Waals surface area contributed by atoms with E-state index >= 15 is 0 Å². The number of hydrogen-bond donors (Lipinski definition) is 0. The summed E-state index contributed by atoms with van der Waals surface area (Å²) in [6.45, 7) is 5.61. The van der Waals surface area contributed by atoms with Gasteiger partial charge >= 0.3 is 5.97 Å². The van der Waals surface area contributed by atoms with Crippen molar-refractivity contribution in [2.24, 2.45) is 5.92 Å². The van der Waals surface area contributed by atoms with Gasteiger partial charge in [-0.3, -0.25) is 4.79 Å². The summed E-state index contributed by atoms with van der Waals surface area (Å²) in [7, 11) is 1.38. The van der Waals surface area contributed by atoms with E-state index in [0.29, 0.717) is 0 Å². The SMILES string of the molecule is COC(=O)C(C)C(Br)=C=C(C)C. The molecular weight excluding hydrogens is 220 g/mol. The van der Waals surface area contributed by atoms with E-state index in [2.05, 4.69) is 26.4 Å². The topological polar surface area (TPSA) is 26.3 Å². The average Bonchev–Trinajstić information content (AvgIpc) is 2.00. The van der Waals surface area contributed by atoms with Crippen molar-refractivity contribution < 1.29 is 9.53 Å². The van der Waals surface area contributed by atoms with Crippen LogP contribution in [0.5, 0.6) is 0 Å². The van der Waals surface area contributed by atoms with Gasteiger partial charge in [0.2, 0.25) is 0 Å². The van der Waals surface area contributed by atoms with Gasteiger partial charge in [-0.05, 0) is 42.3 Å². The number of carbonyl (C=O) groups excluding carboxylic acids is 1. The fourth-order valence-corrected chi connectivity index (χ4v) is 1.21. The molecule has 0 aliphatic carbocycles. The highest BCUT2D eigenvalue weighted by Crippen LogP contribution is 2.17. The quantitative estimate of drug-likeness (QED) is 0.541. The molecule has 0 saturated heterocycles. The van der Waals surface area contributed by atoms with Gasteiger partial charge in [-0.2, -0.15) is 0 Å². The lowest BCUT2D eigenvalue weighted by molar-refractivity contribution is -0.143. The summed E-state index contributed by atoms with van der Waals surface area (Å²) < 4.78 is 5.31. The van der Waals surface area contributed by atoms with Crippen molar-refractivity contribution in [1.29, 1.82) is 0 Å². The molecule has 0 rings (SSSR count). The summed E-state index contributed by atoms with van der Waals surface area (Å²) in [5, 5.41) is 0. The Morgan fingerprint density at radius 1 is 1.50 bits per heavy atom. The van der Waals surface area contributed by atoms with Crippen LogP contribution in [0.15, 0.2) is 15.8 Å². The average molecular weight is 233 g/mol. The van der Waals surface area contributed by atoms with Crippen LogP contribution in [0.1, 0.15) is 20.8 Å². The van der Waals surface area contributed by atoms with Crippen molar-refractivity contribution in [3.05, 3.63) is 15.8 Å². The Morgan fingerprint density at radius 2 is 2.00 bits per heavy atom. The minimum Gasteiger partial charge on any atom is -0.469 e. The number of hydrogen-bond acceptors (Lipinski definition) is 2. The third-order valence-corrected chi connectivity index (χ3v) is 2.19. The number of methoxy groups -OCH3 is 1. The van der Waals surface area contributed by atoms with Crippen molar-refractivity contribution in [2.75, 3.05) is 7.11 Å². The van der Waals surface area contributed by atoms with Gasteiger partial charge in [-0.25, -0.2) is 0 Å². The molecule has 0 aromatic rings. The molecule has 0 aromatic carbocycles. The van der Waals surface area contributed by atoms with E-state index in [0.717, 1.165) is 10.1 Å². The summed E-state index contributed by atoms with van der Waals surface area (Å²) in [5.41, 5.74) is 4.03. The maximum absolute atomic E-state index is 11.0. The van der Waals surface area contributed by atoms with Gasteiger partial charge in [0, 0.05) is 0 Å². The van der Waals surface area contributed by atoms with Gasteiger partial charge < -0.3 is 4.74 Å². The van der Waals surface area contributed by atoms with Crippen LogP contribution >= 0.6 is 15.9 Å². The highest BCUT2D eigenvalue weighted by Gasteiger charge is 2.15. The molecule has 0 aromatic heterocycles. The second-order valence-corrected chi connectivity index (χ2v) is 3.57. The second-order valence-electron chi connectivity index (χ2n) is 2.72. The zero-order valence-corrected chi connectivity index (χ0v) is 9.36. The Balaban J connectivity index is 4.61. The van der Waals surface area contributed by atoms with Crippen LogP contribution in [-0.4, -0.2) is 13.1 Å². The third-order valence-electron chi connectivity index (χ3n) is 1.30. The molecular formula is C9H13BrO2. The minimum atomic E-state index is -0.273. The fourth-order valence-electron chi connectivity index (χ4n) is 0.627. The molecule has 0 amide bonds. The lowest BCUT2D eigenvalue weighted by Gasteiger charge is -2.05. The molecule has 3 heteroatoms. The van der Waals surface area contributed by atoms with Crippen LogP contribution in [0.25, 0.3) is 0 Å². The van der Waals surface area contributed by atoms with Gasteiger partial charge in [-0.1, -0.05) is 0 Å². The number of esters is 1. The van der Waals surface area contributed by atoms with Crippen molar-refractivity contribution in [2.45, 2.75) is 20.8 Å². The van der Waals surface area contributed by atoms with Crippen molar-refractivity contribution in [3.63, 3.8) is 0 Å². The highest BCUT2D eigenvalue weighted by molar-refractivity contribution is 9.11. The monoisotopic (exact) mass is 232 g/mol. The van der Waals surface area contributed by atoms with E-state index in [9.17, 15) is 4.79 Å². The molecule has 68 valence electrons. The number of rotatable bonds is 2. The number of halogens is 1. The Bertz CT molecular complexity index is 233. The van der Waals surface area contributed by atoms with Crippen LogP contribution in [0.2, 0.25) is 0 Å². The Morgan fingerprint density at radius 3 is 2.33 bits per heavy atom. The van der Waals surface area contributed by atoms with Gasteiger partial charge in [0.25, 0.3) is 0 Å². The second kappa shape index (κ2) is 5.18. The molecule has 0 fully saturated rings. The van der Waals surface area contributed by atoms with E-state index in [1.807, 2.05) is 13.8 Å². The predicted octanol–water partition coefficient (Wildman–Crippen LogP) is 2.64. The lowest BCUT2D eigenvalue weighted by atomic mass is 10.2. The summed E-state index contributed by atoms with van der Waals surface area (Å²) >= 11 is 3.27. The molecule has 0 bridgehead atoms. The lowest BCUT2D eigenvalue weighted by Crippen LogP contribution is -2.12. The van der Waals surface area contributed by atoms with Crippen LogP contribution in [0.3, 0.4) is 0 Å². The van der Waals surface area contributed by atoms with Gasteiger partial charge in [-0.15, -0.1) is 5.73 Å². The fraction of sp³-hybridized carbons (Fsp3) is 0.556. The molecule has 12 heavy (non-hydrogen) atoms. The maximum Gasteiger partial charge on any atom is 0.314 e. The van der Waals surface area contributed by atoms with Crippen molar-refractivity contribution in [3.8, 4) is 0 Å². The van der Waals surface area contributed by atoms with Crippen molar-refractivity contribution in [1.82, 2.24) is 0 Å². The third kappa shape index (κ3) is 3.74. The minimum absolute atomic E-state index is 0.254. The first-order chi connectivity index (χ1) is 5.49. The van der Waals surface area contributed by atoms with E-state index in [-0.39, 0.29) is 11.9 Å². The van der Waals surface area contributed by atoms with E-state index < -0.39 is 0 Å². The molecule has 0 aliphatic rings. The predicted molar refractivity (Wildman–Crippen MR) is 52.0 cm³/mol. The molecule has 1 unspecified atom stereocenters. The molecule has 2 nitrogen and oxygen atoms in total. The largest absolute Gasteiger partial charge is 0.469 e. The normalized spacial score (nSPS) is 11.4. The molecule has 0 spiro atoms. The van der Waals surface area contributed by atoms with E-state index in [4.69, 9.17) is 0 Å². The summed E-state index contributed by atoms with van der Waals surface area (Å²) in [6.07, 6.45) is 0. The van der Waals surface area contributed by atoms with Crippen LogP contribution < -0.4 is 0 Å². The molecule has 0 aliphatic heterocycles. The maximum atomic E-state index is 11.0. The van der Waals surface area contributed by atoms with E-state index in [1.54, 1.807) is 6.92 Å². The number of ether oxygens (including phenoxy) is 1. The first kappa shape index (κ1) is 11.5. The van der Waals surface area contributed by atoms with Crippen LogP contribution in [-0.2, 0) is 9.53 Å². The summed E-state index contributed by atoms with van der Waals surface area (Å²) in [5.74, 6) is -0.527. The Hall–Kier alpha value is -0.530.